The SMILES string of the molecule is COCCn1c(CN2CCOCC2)nc2c(N3CCOCC3)cc(N3CCCC(c4cccc(C)c4)=N3)nc21. The third-order valence-corrected chi connectivity index (χ3v) is 7.73. The minimum Gasteiger partial charge on any atom is -0.383 e. The molecule has 3 aromatic rings. The molecule has 0 spiro atoms. The van der Waals surface area contributed by atoms with Gasteiger partial charge in [-0.2, -0.15) is 5.10 Å². The minimum absolute atomic E-state index is 0.597. The molecule has 5 heterocycles. The monoisotopic (exact) mass is 533 g/mol. The zero-order valence-corrected chi connectivity index (χ0v) is 23.1. The van der Waals surface area contributed by atoms with Crippen LogP contribution in [0.25, 0.3) is 11.2 Å². The molecule has 3 aliphatic heterocycles. The average Bonchev–Trinajstić information content (AvgIpc) is 3.33. The van der Waals surface area contributed by atoms with Crippen molar-refractivity contribution in [2.45, 2.75) is 32.9 Å². The first-order valence-electron chi connectivity index (χ1n) is 14.1. The maximum absolute atomic E-state index is 5.68. The Morgan fingerprint density at radius 1 is 0.949 bits per heavy atom. The van der Waals surface area contributed by atoms with Gasteiger partial charge in [0, 0.05) is 52.4 Å². The van der Waals surface area contributed by atoms with E-state index >= 15 is 0 Å². The van der Waals surface area contributed by atoms with Crippen LogP contribution in [0.15, 0.2) is 35.4 Å². The van der Waals surface area contributed by atoms with Gasteiger partial charge < -0.3 is 23.7 Å². The van der Waals surface area contributed by atoms with Gasteiger partial charge in [0.2, 0.25) is 0 Å². The Bertz CT molecular complexity index is 1310. The van der Waals surface area contributed by atoms with Crippen LogP contribution >= 0.6 is 0 Å². The lowest BCUT2D eigenvalue weighted by atomic mass is 10.0. The first-order valence-corrected chi connectivity index (χ1v) is 14.1. The molecule has 6 rings (SSSR count). The fraction of sp³-hybridized carbons (Fsp3) is 0.552. The van der Waals surface area contributed by atoms with Crippen LogP contribution in [0.4, 0.5) is 11.5 Å². The Labute approximate surface area is 230 Å². The second-order valence-electron chi connectivity index (χ2n) is 10.5. The molecule has 0 amide bonds. The normalized spacial score (nSPS) is 19.1. The average molecular weight is 534 g/mol. The Balaban J connectivity index is 1.44. The topological polar surface area (TPSA) is 80.5 Å². The number of methoxy groups -OCH3 is 1. The molecule has 208 valence electrons. The van der Waals surface area contributed by atoms with Crippen molar-refractivity contribution in [2.75, 3.05) is 82.8 Å². The molecule has 0 unspecified atom stereocenters. The lowest BCUT2D eigenvalue weighted by Crippen LogP contribution is -2.36. The smallest absolute Gasteiger partial charge is 0.164 e. The molecule has 0 aliphatic carbocycles. The number of hydrazone groups is 1. The molecular weight excluding hydrogens is 494 g/mol. The fourth-order valence-corrected chi connectivity index (χ4v) is 5.62. The van der Waals surface area contributed by atoms with E-state index in [0.29, 0.717) is 26.4 Å². The number of pyridine rings is 1. The predicted molar refractivity (Wildman–Crippen MR) is 153 cm³/mol. The van der Waals surface area contributed by atoms with Crippen molar-refractivity contribution in [1.29, 1.82) is 0 Å². The number of rotatable bonds is 8. The molecule has 0 atom stereocenters. The summed E-state index contributed by atoms with van der Waals surface area (Å²) in [5.74, 6) is 1.89. The van der Waals surface area contributed by atoms with Crippen molar-refractivity contribution in [3.05, 3.63) is 47.3 Å². The van der Waals surface area contributed by atoms with Gasteiger partial charge in [-0.05, 0) is 25.3 Å². The summed E-state index contributed by atoms with van der Waals surface area (Å²) in [4.78, 5) is 15.2. The van der Waals surface area contributed by atoms with E-state index in [1.54, 1.807) is 7.11 Å². The second kappa shape index (κ2) is 12.0. The minimum atomic E-state index is 0.597. The van der Waals surface area contributed by atoms with Crippen LogP contribution in [0.1, 0.15) is 29.8 Å². The molecule has 2 saturated heterocycles. The van der Waals surface area contributed by atoms with Crippen molar-refractivity contribution >= 4 is 28.4 Å². The second-order valence-corrected chi connectivity index (χ2v) is 10.5. The third kappa shape index (κ3) is 5.79. The molecule has 3 aliphatic rings. The number of aromatic nitrogens is 3. The summed E-state index contributed by atoms with van der Waals surface area (Å²) in [7, 11) is 1.74. The number of fused-ring (bicyclic) bond motifs is 1. The van der Waals surface area contributed by atoms with Crippen LogP contribution in [0.5, 0.6) is 0 Å². The van der Waals surface area contributed by atoms with E-state index < -0.39 is 0 Å². The molecule has 0 N–H and O–H groups in total. The Kier molecular flexibility index (Phi) is 8.05. The third-order valence-electron chi connectivity index (χ3n) is 7.73. The quantitative estimate of drug-likeness (QED) is 0.437. The standard InChI is InChI=1S/C29H39N7O3/c1-22-5-3-6-23(19-22)24-7-4-8-36(32-24)26-20-25(34-11-17-39-18-12-34)28-29(31-26)35(13-14-37-2)27(30-28)21-33-9-15-38-16-10-33/h3,5-6,19-20H,4,7-18,21H2,1-2H3. The summed E-state index contributed by atoms with van der Waals surface area (Å²) in [6.07, 6.45) is 2.00. The molecule has 10 heteroatoms. The van der Waals surface area contributed by atoms with E-state index in [1.807, 2.05) is 0 Å². The first kappa shape index (κ1) is 26.2. The lowest BCUT2D eigenvalue weighted by Gasteiger charge is -2.30. The zero-order chi connectivity index (χ0) is 26.6. The number of morpholine rings is 2. The summed E-state index contributed by atoms with van der Waals surface area (Å²) < 4.78 is 19.0. The van der Waals surface area contributed by atoms with Gasteiger partial charge in [-0.1, -0.05) is 29.8 Å². The summed E-state index contributed by atoms with van der Waals surface area (Å²) in [5, 5.41) is 7.20. The van der Waals surface area contributed by atoms with Gasteiger partial charge in [-0.15, -0.1) is 0 Å². The Hall–Kier alpha value is -3.05. The summed E-state index contributed by atoms with van der Waals surface area (Å²) in [5.41, 5.74) is 6.49. The van der Waals surface area contributed by atoms with Gasteiger partial charge in [0.1, 0.15) is 11.3 Å². The maximum Gasteiger partial charge on any atom is 0.164 e. The van der Waals surface area contributed by atoms with E-state index in [0.717, 1.165) is 99.5 Å². The van der Waals surface area contributed by atoms with Crippen LogP contribution < -0.4 is 9.91 Å². The number of hydrogen-bond acceptors (Lipinski definition) is 9. The number of hydrogen-bond donors (Lipinski definition) is 0. The highest BCUT2D eigenvalue weighted by Gasteiger charge is 2.25. The van der Waals surface area contributed by atoms with Gasteiger partial charge in [-0.3, -0.25) is 4.90 Å². The predicted octanol–water partition coefficient (Wildman–Crippen LogP) is 3.06. The van der Waals surface area contributed by atoms with Crippen LogP contribution in [0, 0.1) is 6.92 Å². The van der Waals surface area contributed by atoms with Crippen LogP contribution in [-0.2, 0) is 27.3 Å². The van der Waals surface area contributed by atoms with Crippen molar-refractivity contribution in [2.24, 2.45) is 5.10 Å². The highest BCUT2D eigenvalue weighted by molar-refractivity contribution is 6.01. The van der Waals surface area contributed by atoms with Gasteiger partial charge in [0.15, 0.2) is 11.5 Å². The number of anilines is 2. The molecule has 0 saturated carbocycles. The van der Waals surface area contributed by atoms with Gasteiger partial charge >= 0.3 is 0 Å². The van der Waals surface area contributed by atoms with E-state index in [4.69, 9.17) is 29.3 Å². The van der Waals surface area contributed by atoms with Gasteiger partial charge in [0.05, 0.1) is 51.0 Å². The molecule has 0 bridgehead atoms. The van der Waals surface area contributed by atoms with E-state index in [9.17, 15) is 0 Å². The number of benzene rings is 1. The zero-order valence-electron chi connectivity index (χ0n) is 23.1. The molecule has 1 aromatic carbocycles. The molecular formula is C29H39N7O3. The fourth-order valence-electron chi connectivity index (χ4n) is 5.62. The van der Waals surface area contributed by atoms with Crippen molar-refractivity contribution in [3.63, 3.8) is 0 Å². The summed E-state index contributed by atoms with van der Waals surface area (Å²) >= 11 is 0. The number of aryl methyl sites for hydroxylation is 1. The van der Waals surface area contributed by atoms with Gasteiger partial charge in [0.25, 0.3) is 0 Å². The Morgan fingerprint density at radius 2 is 1.74 bits per heavy atom. The molecule has 10 nitrogen and oxygen atoms in total. The largest absolute Gasteiger partial charge is 0.383 e. The highest BCUT2D eigenvalue weighted by atomic mass is 16.5. The number of imidazole rings is 1. The van der Waals surface area contributed by atoms with Crippen molar-refractivity contribution in [3.8, 4) is 0 Å². The van der Waals surface area contributed by atoms with Gasteiger partial charge in [-0.25, -0.2) is 15.0 Å². The van der Waals surface area contributed by atoms with Crippen LogP contribution in [0.3, 0.4) is 0 Å². The van der Waals surface area contributed by atoms with Crippen LogP contribution in [-0.4, -0.2) is 98.0 Å². The van der Waals surface area contributed by atoms with Crippen molar-refractivity contribution < 1.29 is 14.2 Å². The van der Waals surface area contributed by atoms with E-state index in [2.05, 4.69) is 56.6 Å². The van der Waals surface area contributed by atoms with E-state index in [1.165, 1.54) is 11.1 Å². The lowest BCUT2D eigenvalue weighted by molar-refractivity contribution is 0.0325. The molecule has 0 radical (unpaired) electrons. The molecule has 2 fully saturated rings. The molecule has 39 heavy (non-hydrogen) atoms. The number of ether oxygens (including phenoxy) is 3. The van der Waals surface area contributed by atoms with Crippen LogP contribution in [0.2, 0.25) is 0 Å². The number of nitrogens with zero attached hydrogens (tertiary/aromatic N) is 7. The summed E-state index contributed by atoms with van der Waals surface area (Å²) in [6, 6.07) is 10.8. The highest BCUT2D eigenvalue weighted by Crippen LogP contribution is 2.33. The summed E-state index contributed by atoms with van der Waals surface area (Å²) in [6.45, 7) is 11.5. The Morgan fingerprint density at radius 3 is 2.51 bits per heavy atom. The molecule has 2 aromatic heterocycles. The van der Waals surface area contributed by atoms with E-state index in [-0.39, 0.29) is 0 Å². The maximum atomic E-state index is 5.68. The first-order chi connectivity index (χ1) is 19.2. The van der Waals surface area contributed by atoms with Crippen molar-refractivity contribution in [1.82, 2.24) is 19.4 Å².